The van der Waals surface area contributed by atoms with Crippen LogP contribution in [0.2, 0.25) is 0 Å². The van der Waals surface area contributed by atoms with E-state index in [9.17, 15) is 19.2 Å². The van der Waals surface area contributed by atoms with Gasteiger partial charge in [0.1, 0.15) is 0 Å². The normalized spacial score (nSPS) is 15.4. The molecule has 3 aromatic rings. The van der Waals surface area contributed by atoms with Crippen LogP contribution in [0, 0.1) is 13.8 Å². The summed E-state index contributed by atoms with van der Waals surface area (Å²) in [7, 11) is 0. The predicted octanol–water partition coefficient (Wildman–Crippen LogP) is 3.44. The van der Waals surface area contributed by atoms with E-state index in [1.165, 1.54) is 30.6 Å². The van der Waals surface area contributed by atoms with Gasteiger partial charge in [0.25, 0.3) is 11.8 Å². The van der Waals surface area contributed by atoms with Gasteiger partial charge in [0, 0.05) is 23.5 Å². The number of benzene rings is 2. The van der Waals surface area contributed by atoms with Crippen molar-refractivity contribution in [2.75, 3.05) is 0 Å². The van der Waals surface area contributed by atoms with Crippen LogP contribution in [0.15, 0.2) is 79.1 Å². The van der Waals surface area contributed by atoms with Gasteiger partial charge in [-0.25, -0.2) is 0 Å². The Morgan fingerprint density at radius 3 is 1.52 bits per heavy atom. The molecule has 2 aromatic carbocycles. The second kappa shape index (κ2) is 11.0. The van der Waals surface area contributed by atoms with Gasteiger partial charge in [0.15, 0.2) is 11.6 Å². The summed E-state index contributed by atoms with van der Waals surface area (Å²) >= 11 is 0. The van der Waals surface area contributed by atoms with Crippen LogP contribution in [0.3, 0.4) is 0 Å². The summed E-state index contributed by atoms with van der Waals surface area (Å²) in [4.78, 5) is 55.0. The lowest BCUT2D eigenvalue weighted by Gasteiger charge is -2.15. The first-order valence-corrected chi connectivity index (χ1v) is 12.5. The van der Waals surface area contributed by atoms with E-state index in [1.54, 1.807) is 26.0 Å². The first-order chi connectivity index (χ1) is 19.3. The van der Waals surface area contributed by atoms with Crippen molar-refractivity contribution in [1.29, 1.82) is 0 Å². The van der Waals surface area contributed by atoms with Crippen molar-refractivity contribution in [2.45, 2.75) is 13.8 Å². The molecule has 4 N–H and O–H groups in total. The van der Waals surface area contributed by atoms with E-state index in [1.807, 2.05) is 48.5 Å². The lowest BCUT2D eigenvalue weighted by atomic mass is 9.92. The fourth-order valence-corrected chi connectivity index (χ4v) is 4.52. The Morgan fingerprint density at radius 1 is 0.650 bits per heavy atom. The van der Waals surface area contributed by atoms with E-state index >= 15 is 0 Å². The SMILES string of the molecule is Cc1nc(C)c(C(=O)NN/C=C2/C(=O)C=Cc3ccccc32)cc1C(=O)NN/C=C1\C(=O)C=Cc2ccccc21. The van der Waals surface area contributed by atoms with E-state index in [0.29, 0.717) is 22.5 Å². The number of hydrazine groups is 2. The van der Waals surface area contributed by atoms with Crippen molar-refractivity contribution >= 4 is 46.7 Å². The Morgan fingerprint density at radius 2 is 1.07 bits per heavy atom. The van der Waals surface area contributed by atoms with Crippen LogP contribution in [-0.2, 0) is 9.59 Å². The van der Waals surface area contributed by atoms with Gasteiger partial charge in [-0.2, -0.15) is 0 Å². The monoisotopic (exact) mass is 531 g/mol. The highest BCUT2D eigenvalue weighted by Crippen LogP contribution is 2.26. The molecule has 5 rings (SSSR count). The molecule has 0 atom stereocenters. The maximum atomic E-state index is 13.0. The Bertz CT molecular complexity index is 1580. The Kier molecular flexibility index (Phi) is 7.19. The number of hydrogen-bond acceptors (Lipinski definition) is 7. The van der Waals surface area contributed by atoms with Gasteiger partial charge >= 0.3 is 0 Å². The zero-order valence-electron chi connectivity index (χ0n) is 21.7. The van der Waals surface area contributed by atoms with Crippen LogP contribution >= 0.6 is 0 Å². The zero-order chi connectivity index (χ0) is 28.2. The highest BCUT2D eigenvalue weighted by Gasteiger charge is 2.20. The molecule has 0 bridgehead atoms. The van der Waals surface area contributed by atoms with Gasteiger partial charge in [-0.1, -0.05) is 60.7 Å². The van der Waals surface area contributed by atoms with E-state index in [2.05, 4.69) is 26.7 Å². The highest BCUT2D eigenvalue weighted by molar-refractivity contribution is 6.30. The van der Waals surface area contributed by atoms with Crippen LogP contribution < -0.4 is 21.7 Å². The molecule has 0 radical (unpaired) electrons. The van der Waals surface area contributed by atoms with E-state index < -0.39 is 11.8 Å². The molecule has 9 nitrogen and oxygen atoms in total. The fourth-order valence-electron chi connectivity index (χ4n) is 4.52. The topological polar surface area (TPSA) is 129 Å². The number of allylic oxidation sites excluding steroid dienone is 4. The average Bonchev–Trinajstić information content (AvgIpc) is 2.95. The Hall–Kier alpha value is -5.57. The lowest BCUT2D eigenvalue weighted by Crippen LogP contribution is -2.37. The first-order valence-electron chi connectivity index (χ1n) is 12.5. The number of carbonyl (C=O) groups is 4. The fraction of sp³-hybridized carbons (Fsp3) is 0.0645. The Balaban J connectivity index is 1.28. The number of hydrogen-bond donors (Lipinski definition) is 4. The lowest BCUT2D eigenvalue weighted by molar-refractivity contribution is -0.110. The highest BCUT2D eigenvalue weighted by atomic mass is 16.2. The molecule has 198 valence electrons. The summed E-state index contributed by atoms with van der Waals surface area (Å²) in [6, 6.07) is 16.3. The van der Waals surface area contributed by atoms with Crippen molar-refractivity contribution in [1.82, 2.24) is 26.7 Å². The van der Waals surface area contributed by atoms with E-state index in [4.69, 9.17) is 0 Å². The molecular weight excluding hydrogens is 506 g/mol. The van der Waals surface area contributed by atoms with E-state index in [0.717, 1.165) is 22.3 Å². The minimum Gasteiger partial charge on any atom is -0.305 e. The van der Waals surface area contributed by atoms with Gasteiger partial charge in [-0.05, 0) is 54.3 Å². The number of amides is 2. The largest absolute Gasteiger partial charge is 0.305 e. The molecule has 0 spiro atoms. The van der Waals surface area contributed by atoms with Gasteiger partial charge < -0.3 is 10.9 Å². The molecule has 0 aliphatic heterocycles. The van der Waals surface area contributed by atoms with Crippen LogP contribution in [0.1, 0.15) is 54.4 Å². The molecule has 2 aliphatic rings. The number of nitrogens with one attached hydrogen (secondary N) is 4. The summed E-state index contributed by atoms with van der Waals surface area (Å²) in [6.45, 7) is 3.33. The first kappa shape index (κ1) is 26.1. The Labute approximate surface area is 230 Å². The quantitative estimate of drug-likeness (QED) is 0.283. The second-order valence-electron chi connectivity index (χ2n) is 9.14. The molecule has 0 saturated heterocycles. The third kappa shape index (κ3) is 5.21. The molecule has 0 saturated carbocycles. The van der Waals surface area contributed by atoms with Gasteiger partial charge in [-0.15, -0.1) is 0 Å². The molecule has 0 fully saturated rings. The van der Waals surface area contributed by atoms with Gasteiger partial charge in [0.05, 0.1) is 22.5 Å². The summed E-state index contributed by atoms with van der Waals surface area (Å²) in [5.41, 5.74) is 15.8. The summed E-state index contributed by atoms with van der Waals surface area (Å²) in [6.07, 6.45) is 9.31. The molecule has 2 aliphatic carbocycles. The number of pyridine rings is 1. The third-order valence-corrected chi connectivity index (χ3v) is 6.56. The van der Waals surface area contributed by atoms with Crippen molar-refractivity contribution < 1.29 is 19.2 Å². The molecule has 40 heavy (non-hydrogen) atoms. The van der Waals surface area contributed by atoms with Crippen molar-refractivity contribution in [2.24, 2.45) is 0 Å². The van der Waals surface area contributed by atoms with Gasteiger partial charge in [-0.3, -0.25) is 35.0 Å². The predicted molar refractivity (Wildman–Crippen MR) is 152 cm³/mol. The van der Waals surface area contributed by atoms with Crippen LogP contribution in [0.4, 0.5) is 0 Å². The maximum absolute atomic E-state index is 13.0. The maximum Gasteiger partial charge on any atom is 0.271 e. The smallest absolute Gasteiger partial charge is 0.271 e. The second-order valence-corrected chi connectivity index (χ2v) is 9.14. The molecule has 2 amide bonds. The number of nitrogens with zero attached hydrogens (tertiary/aromatic N) is 1. The number of fused-ring (bicyclic) bond motifs is 2. The third-order valence-electron chi connectivity index (χ3n) is 6.56. The minimum atomic E-state index is -0.533. The molecular formula is C31H25N5O4. The van der Waals surface area contributed by atoms with Crippen LogP contribution in [-0.4, -0.2) is 28.4 Å². The standard InChI is InChI=1S/C31H25N5O4/c1-18-24(30(39)35-32-16-26-22-9-5-3-7-20(22)11-13-28(26)37)15-25(19(2)34-18)31(40)36-33-17-27-23-10-6-4-8-21(23)12-14-29(27)38/h3-17,32-33H,1-2H3,(H,35,39)(H,36,40)/b26-16-,27-17+. The zero-order valence-corrected chi connectivity index (χ0v) is 21.7. The number of aryl methyl sites for hydroxylation is 2. The summed E-state index contributed by atoms with van der Waals surface area (Å²) in [5.74, 6) is -1.45. The van der Waals surface area contributed by atoms with E-state index in [-0.39, 0.29) is 22.7 Å². The number of rotatable bonds is 6. The molecule has 0 unspecified atom stereocenters. The molecule has 1 heterocycles. The number of carbonyl (C=O) groups excluding carboxylic acids is 4. The summed E-state index contributed by atoms with van der Waals surface area (Å²) in [5, 5.41) is 0. The molecule has 9 heteroatoms. The van der Waals surface area contributed by atoms with Crippen molar-refractivity contribution in [3.05, 3.63) is 124 Å². The van der Waals surface area contributed by atoms with Crippen LogP contribution in [0.25, 0.3) is 23.3 Å². The minimum absolute atomic E-state index is 0.178. The number of ketones is 2. The van der Waals surface area contributed by atoms with Crippen molar-refractivity contribution in [3.63, 3.8) is 0 Å². The summed E-state index contributed by atoms with van der Waals surface area (Å²) < 4.78 is 0. The van der Waals surface area contributed by atoms with Gasteiger partial charge in [0.2, 0.25) is 0 Å². The number of aromatic nitrogens is 1. The van der Waals surface area contributed by atoms with Crippen LogP contribution in [0.5, 0.6) is 0 Å². The van der Waals surface area contributed by atoms with Crippen molar-refractivity contribution in [3.8, 4) is 0 Å². The average molecular weight is 532 g/mol. The molecule has 1 aromatic heterocycles.